The third-order valence-corrected chi connectivity index (χ3v) is 3.81. The minimum absolute atomic E-state index is 0.295. The van der Waals surface area contributed by atoms with Gasteiger partial charge in [-0.05, 0) is 85.4 Å². The first kappa shape index (κ1) is 18.5. The predicted molar refractivity (Wildman–Crippen MR) is 111 cm³/mol. The van der Waals surface area contributed by atoms with E-state index >= 15 is 0 Å². The highest BCUT2D eigenvalue weighted by Crippen LogP contribution is 2.21. The molecule has 0 atom stereocenters. The number of nitrogens with one attached hydrogen (secondary N) is 2. The van der Waals surface area contributed by atoms with Crippen molar-refractivity contribution in [2.45, 2.75) is 6.92 Å². The highest BCUT2D eigenvalue weighted by atomic mass is 32.1. The normalized spacial score (nSPS) is 10.6. The van der Waals surface area contributed by atoms with Crippen molar-refractivity contribution in [3.05, 3.63) is 89.7 Å². The van der Waals surface area contributed by atoms with Crippen LogP contribution < -0.4 is 15.5 Å². The van der Waals surface area contributed by atoms with Crippen LogP contribution in [0.25, 0.3) is 0 Å². The summed E-state index contributed by atoms with van der Waals surface area (Å²) >= 11 is 5.20. The third-order valence-electron chi connectivity index (χ3n) is 3.62. The molecule has 0 unspecified atom stereocenters. The number of anilines is 1. The Morgan fingerprint density at radius 1 is 0.926 bits per heavy atom. The molecule has 0 radical (unpaired) electrons. The van der Waals surface area contributed by atoms with Crippen molar-refractivity contribution in [2.24, 2.45) is 5.10 Å². The zero-order valence-corrected chi connectivity index (χ0v) is 15.5. The number of ether oxygens (including phenoxy) is 1. The zero-order valence-electron chi connectivity index (χ0n) is 14.6. The Labute approximate surface area is 162 Å². The van der Waals surface area contributed by atoms with E-state index in [1.165, 1.54) is 17.7 Å². The number of nitrogens with zero attached hydrogens (tertiary/aromatic N) is 1. The molecular weight excluding hydrogens is 361 g/mol. The molecule has 3 rings (SSSR count). The minimum atomic E-state index is -0.295. The van der Waals surface area contributed by atoms with Crippen molar-refractivity contribution in [3.63, 3.8) is 0 Å². The second-order valence-electron chi connectivity index (χ2n) is 5.82. The monoisotopic (exact) mass is 379 g/mol. The van der Waals surface area contributed by atoms with Crippen LogP contribution in [0, 0.1) is 12.7 Å². The van der Waals surface area contributed by atoms with Crippen molar-refractivity contribution in [2.75, 3.05) is 5.32 Å². The molecule has 136 valence electrons. The lowest BCUT2D eigenvalue weighted by Crippen LogP contribution is -2.23. The van der Waals surface area contributed by atoms with Gasteiger partial charge in [0, 0.05) is 5.69 Å². The minimum Gasteiger partial charge on any atom is -0.457 e. The van der Waals surface area contributed by atoms with E-state index in [0.29, 0.717) is 16.6 Å². The molecule has 0 aromatic heterocycles. The standard InChI is InChI=1S/C21H18FN3OS/c1-15-2-8-18(9-3-15)24-21(27)25-23-14-16-4-10-19(11-5-16)26-20-12-6-17(22)7-13-20/h2-14H,1H3,(H2,24,25,27)/b23-14+. The quantitative estimate of drug-likeness (QED) is 0.361. The molecule has 27 heavy (non-hydrogen) atoms. The maximum Gasteiger partial charge on any atom is 0.191 e. The number of thiocarbonyl (C=S) groups is 1. The van der Waals surface area contributed by atoms with Gasteiger partial charge in [0.2, 0.25) is 0 Å². The molecule has 6 heteroatoms. The van der Waals surface area contributed by atoms with Crippen LogP contribution in [0.2, 0.25) is 0 Å². The van der Waals surface area contributed by atoms with Gasteiger partial charge in [-0.25, -0.2) is 4.39 Å². The predicted octanol–water partition coefficient (Wildman–Crippen LogP) is 5.25. The second kappa shape index (κ2) is 8.91. The van der Waals surface area contributed by atoms with E-state index in [1.54, 1.807) is 18.3 Å². The van der Waals surface area contributed by atoms with Gasteiger partial charge in [0.1, 0.15) is 17.3 Å². The van der Waals surface area contributed by atoms with Gasteiger partial charge in [-0.3, -0.25) is 5.43 Å². The summed E-state index contributed by atoms with van der Waals surface area (Å²) in [5.41, 5.74) is 5.74. The molecule has 0 spiro atoms. The summed E-state index contributed by atoms with van der Waals surface area (Å²) in [5.74, 6) is 0.937. The first-order valence-electron chi connectivity index (χ1n) is 8.29. The number of rotatable bonds is 5. The number of benzene rings is 3. The molecule has 4 nitrogen and oxygen atoms in total. The maximum atomic E-state index is 12.9. The highest BCUT2D eigenvalue weighted by Gasteiger charge is 1.99. The molecule has 0 saturated carbocycles. The lowest BCUT2D eigenvalue weighted by atomic mass is 10.2. The average molecular weight is 379 g/mol. The fraction of sp³-hybridized carbons (Fsp3) is 0.0476. The first-order valence-corrected chi connectivity index (χ1v) is 8.69. The van der Waals surface area contributed by atoms with E-state index < -0.39 is 0 Å². The van der Waals surface area contributed by atoms with Crippen LogP contribution >= 0.6 is 12.2 Å². The lowest BCUT2D eigenvalue weighted by molar-refractivity contribution is 0.480. The van der Waals surface area contributed by atoms with Gasteiger partial charge in [-0.15, -0.1) is 0 Å². The van der Waals surface area contributed by atoms with E-state index in [-0.39, 0.29) is 5.82 Å². The molecule has 2 N–H and O–H groups in total. The van der Waals surface area contributed by atoms with Crippen molar-refractivity contribution >= 4 is 29.2 Å². The largest absolute Gasteiger partial charge is 0.457 e. The number of hydrazone groups is 1. The highest BCUT2D eigenvalue weighted by molar-refractivity contribution is 7.80. The molecule has 0 aliphatic rings. The van der Waals surface area contributed by atoms with Crippen LogP contribution in [0.1, 0.15) is 11.1 Å². The smallest absolute Gasteiger partial charge is 0.191 e. The average Bonchev–Trinajstić information content (AvgIpc) is 2.67. The molecule has 3 aromatic rings. The Hall–Kier alpha value is -3.25. The third kappa shape index (κ3) is 5.90. The maximum absolute atomic E-state index is 12.9. The van der Waals surface area contributed by atoms with Crippen molar-refractivity contribution in [1.29, 1.82) is 0 Å². The van der Waals surface area contributed by atoms with E-state index in [4.69, 9.17) is 17.0 Å². The van der Waals surface area contributed by atoms with Gasteiger partial charge in [0.25, 0.3) is 0 Å². The number of halogens is 1. The van der Waals surface area contributed by atoms with Crippen molar-refractivity contribution in [3.8, 4) is 11.5 Å². The molecule has 0 aliphatic carbocycles. The summed E-state index contributed by atoms with van der Waals surface area (Å²) in [5, 5.41) is 7.58. The Balaban J connectivity index is 1.50. The lowest BCUT2D eigenvalue weighted by Gasteiger charge is -2.07. The topological polar surface area (TPSA) is 45.7 Å². The van der Waals surface area contributed by atoms with Gasteiger partial charge >= 0.3 is 0 Å². The summed E-state index contributed by atoms with van der Waals surface area (Å²) in [6.45, 7) is 2.03. The van der Waals surface area contributed by atoms with E-state index in [0.717, 1.165) is 11.3 Å². The number of aryl methyl sites for hydroxylation is 1. The van der Waals surface area contributed by atoms with Gasteiger partial charge < -0.3 is 10.1 Å². The van der Waals surface area contributed by atoms with Gasteiger partial charge in [-0.1, -0.05) is 17.7 Å². The Morgan fingerprint density at radius 2 is 1.52 bits per heavy atom. The first-order chi connectivity index (χ1) is 13.1. The van der Waals surface area contributed by atoms with Crippen LogP contribution in [-0.4, -0.2) is 11.3 Å². The fourth-order valence-corrected chi connectivity index (χ4v) is 2.39. The zero-order chi connectivity index (χ0) is 19.1. The van der Waals surface area contributed by atoms with Gasteiger partial charge in [0.15, 0.2) is 5.11 Å². The van der Waals surface area contributed by atoms with Crippen LogP contribution in [-0.2, 0) is 0 Å². The molecule has 0 saturated heterocycles. The molecule has 3 aromatic carbocycles. The molecule has 0 bridgehead atoms. The van der Waals surface area contributed by atoms with Crippen molar-refractivity contribution < 1.29 is 9.13 Å². The van der Waals surface area contributed by atoms with Gasteiger partial charge in [0.05, 0.1) is 6.21 Å². The summed E-state index contributed by atoms with van der Waals surface area (Å²) in [4.78, 5) is 0. The van der Waals surface area contributed by atoms with Gasteiger partial charge in [-0.2, -0.15) is 5.10 Å². The molecular formula is C21H18FN3OS. The number of hydrogen-bond donors (Lipinski definition) is 2. The fourth-order valence-electron chi connectivity index (χ4n) is 2.22. The summed E-state index contributed by atoms with van der Waals surface area (Å²) < 4.78 is 18.6. The van der Waals surface area contributed by atoms with E-state index in [9.17, 15) is 4.39 Å². The second-order valence-corrected chi connectivity index (χ2v) is 6.22. The molecule has 0 amide bonds. The SMILES string of the molecule is Cc1ccc(NC(=S)N/N=C/c2ccc(Oc3ccc(F)cc3)cc2)cc1. The van der Waals surface area contributed by atoms with E-state index in [2.05, 4.69) is 15.8 Å². The van der Waals surface area contributed by atoms with Crippen LogP contribution in [0.4, 0.5) is 10.1 Å². The van der Waals surface area contributed by atoms with Crippen LogP contribution in [0.15, 0.2) is 77.9 Å². The van der Waals surface area contributed by atoms with Crippen LogP contribution in [0.3, 0.4) is 0 Å². The Bertz CT molecular complexity index is 923. The Kier molecular flexibility index (Phi) is 6.12. The molecule has 0 heterocycles. The molecule has 0 fully saturated rings. The Morgan fingerprint density at radius 3 is 2.15 bits per heavy atom. The number of hydrogen-bond acceptors (Lipinski definition) is 3. The van der Waals surface area contributed by atoms with Crippen LogP contribution in [0.5, 0.6) is 11.5 Å². The van der Waals surface area contributed by atoms with Crippen molar-refractivity contribution in [1.82, 2.24) is 5.43 Å². The van der Waals surface area contributed by atoms with E-state index in [1.807, 2.05) is 55.5 Å². The summed E-state index contributed by atoms with van der Waals surface area (Å²) in [6, 6.07) is 21.1. The molecule has 0 aliphatic heterocycles. The summed E-state index contributed by atoms with van der Waals surface area (Å²) in [7, 11) is 0. The summed E-state index contributed by atoms with van der Waals surface area (Å²) in [6.07, 6.45) is 1.66.